The van der Waals surface area contributed by atoms with Gasteiger partial charge in [-0.15, -0.1) is 11.8 Å². The maximum absolute atomic E-state index is 12.7. The Morgan fingerprint density at radius 1 is 1.12 bits per heavy atom. The lowest BCUT2D eigenvalue weighted by Crippen LogP contribution is -2.38. The van der Waals surface area contributed by atoms with Gasteiger partial charge in [-0.05, 0) is 60.1 Å². The fourth-order valence-corrected chi connectivity index (χ4v) is 4.68. The first kappa shape index (κ1) is 27.6. The zero-order valence-corrected chi connectivity index (χ0v) is 21.3. The first-order valence-corrected chi connectivity index (χ1v) is 13.5. The Bertz CT molecular complexity index is 1030. The summed E-state index contributed by atoms with van der Waals surface area (Å²) in [7, 11) is -0.812. The Hall–Kier alpha value is -2.69. The molecule has 0 saturated carbocycles. The Kier molecular flexibility index (Phi) is 11.2. The number of aryl methyl sites for hydroxylation is 1. The van der Waals surface area contributed by atoms with Crippen molar-refractivity contribution in [2.24, 2.45) is 0 Å². The highest BCUT2D eigenvalue weighted by atomic mass is 32.2. The van der Waals surface area contributed by atoms with E-state index in [9.17, 15) is 13.2 Å². The van der Waals surface area contributed by atoms with Gasteiger partial charge < -0.3 is 15.4 Å². The SMILES string of the molecule is CC/C(=C/SC[C@H](Cc1ccc(NS(=O)(=O)O)cc1)NC(=O)CCc1ccc(OC)cc1)NC. The van der Waals surface area contributed by atoms with Crippen LogP contribution in [0.2, 0.25) is 0 Å². The van der Waals surface area contributed by atoms with Crippen molar-refractivity contribution < 1.29 is 22.5 Å². The molecule has 0 saturated heterocycles. The van der Waals surface area contributed by atoms with Crippen molar-refractivity contribution in [2.45, 2.75) is 38.6 Å². The van der Waals surface area contributed by atoms with E-state index < -0.39 is 10.3 Å². The molecule has 0 aliphatic rings. The van der Waals surface area contributed by atoms with Crippen molar-refractivity contribution in [1.29, 1.82) is 0 Å². The van der Waals surface area contributed by atoms with Crippen LogP contribution in [0.1, 0.15) is 30.9 Å². The van der Waals surface area contributed by atoms with E-state index in [0.29, 0.717) is 25.0 Å². The highest BCUT2D eigenvalue weighted by Gasteiger charge is 2.14. The van der Waals surface area contributed by atoms with Crippen LogP contribution in [0.4, 0.5) is 5.69 Å². The number of benzene rings is 2. The van der Waals surface area contributed by atoms with Crippen LogP contribution < -0.4 is 20.1 Å². The van der Waals surface area contributed by atoms with E-state index in [1.807, 2.05) is 36.0 Å². The molecule has 2 aromatic rings. The number of amides is 1. The summed E-state index contributed by atoms with van der Waals surface area (Å²) in [6.07, 6.45) is 2.48. The van der Waals surface area contributed by atoms with Crippen LogP contribution in [-0.2, 0) is 27.9 Å². The smallest absolute Gasteiger partial charge is 0.357 e. The molecule has 186 valence electrons. The van der Waals surface area contributed by atoms with E-state index >= 15 is 0 Å². The molecule has 2 rings (SSSR count). The summed E-state index contributed by atoms with van der Waals surface area (Å²) in [5.74, 6) is 1.44. The van der Waals surface area contributed by atoms with E-state index in [1.165, 1.54) is 0 Å². The second kappa shape index (κ2) is 13.9. The summed E-state index contributed by atoms with van der Waals surface area (Å²) >= 11 is 1.63. The molecule has 0 radical (unpaired) electrons. The third-order valence-corrected chi connectivity index (χ3v) is 6.61. The molecular weight excluding hydrogens is 474 g/mol. The molecule has 8 nitrogen and oxygen atoms in total. The molecule has 1 amide bonds. The summed E-state index contributed by atoms with van der Waals surface area (Å²) in [6, 6.07) is 14.3. The van der Waals surface area contributed by atoms with Crippen LogP contribution in [0.25, 0.3) is 0 Å². The number of nitrogens with one attached hydrogen (secondary N) is 3. The van der Waals surface area contributed by atoms with Gasteiger partial charge in [0.1, 0.15) is 5.75 Å². The molecule has 10 heteroatoms. The quantitative estimate of drug-likeness (QED) is 0.288. The Labute approximate surface area is 206 Å². The standard InChI is InChI=1S/C24H33N3O5S2/c1-4-20(25-2)16-33-17-22(15-19-5-10-21(11-6-19)27-34(29,30)31)26-24(28)14-9-18-7-12-23(32-3)13-8-18/h5-8,10-13,16,22,25,27H,4,9,14-15,17H2,1-3H3,(H,26,28)(H,29,30,31)/b20-16-/t22-/m0/s1. The molecule has 0 bridgehead atoms. The zero-order chi connectivity index (χ0) is 25.0. The largest absolute Gasteiger partial charge is 0.497 e. The minimum Gasteiger partial charge on any atom is -0.497 e. The van der Waals surface area contributed by atoms with Gasteiger partial charge >= 0.3 is 10.3 Å². The number of thioether (sulfide) groups is 1. The predicted octanol–water partition coefficient (Wildman–Crippen LogP) is 3.77. The fourth-order valence-electron chi connectivity index (χ4n) is 3.23. The average Bonchev–Trinajstić information content (AvgIpc) is 2.81. The first-order valence-electron chi connectivity index (χ1n) is 11.0. The van der Waals surface area contributed by atoms with Gasteiger partial charge in [0.05, 0.1) is 12.8 Å². The molecule has 0 unspecified atom stereocenters. The Morgan fingerprint density at radius 2 is 1.76 bits per heavy atom. The molecular formula is C24H33N3O5S2. The number of carbonyl (C=O) groups is 1. The number of methoxy groups -OCH3 is 1. The molecule has 2 aromatic carbocycles. The highest BCUT2D eigenvalue weighted by Crippen LogP contribution is 2.17. The first-order chi connectivity index (χ1) is 16.2. The molecule has 4 N–H and O–H groups in total. The van der Waals surface area contributed by atoms with Crippen LogP contribution in [0, 0.1) is 0 Å². The predicted molar refractivity (Wildman–Crippen MR) is 138 cm³/mol. The number of hydrogen-bond donors (Lipinski definition) is 4. The summed E-state index contributed by atoms with van der Waals surface area (Å²) in [5.41, 5.74) is 3.39. The summed E-state index contributed by atoms with van der Waals surface area (Å²) in [4.78, 5) is 12.7. The topological polar surface area (TPSA) is 117 Å². The van der Waals surface area contributed by atoms with Crippen molar-refractivity contribution in [1.82, 2.24) is 10.6 Å². The van der Waals surface area contributed by atoms with Crippen LogP contribution in [0.3, 0.4) is 0 Å². The molecule has 34 heavy (non-hydrogen) atoms. The second-order valence-corrected chi connectivity index (χ2v) is 9.73. The van der Waals surface area contributed by atoms with Crippen LogP contribution in [-0.4, -0.2) is 44.8 Å². The minimum absolute atomic E-state index is 0.0283. The van der Waals surface area contributed by atoms with E-state index in [1.54, 1.807) is 43.1 Å². The van der Waals surface area contributed by atoms with Crippen LogP contribution in [0.5, 0.6) is 5.75 Å². The number of allylic oxidation sites excluding steroid dienone is 1. The molecule has 0 fully saturated rings. The third-order valence-electron chi connectivity index (χ3n) is 5.07. The lowest BCUT2D eigenvalue weighted by atomic mass is 10.1. The van der Waals surface area contributed by atoms with Gasteiger partial charge in [-0.25, -0.2) is 0 Å². The molecule has 0 aliphatic heterocycles. The van der Waals surface area contributed by atoms with Crippen LogP contribution in [0.15, 0.2) is 59.6 Å². The Balaban J connectivity index is 2.00. The monoisotopic (exact) mass is 507 g/mol. The third kappa shape index (κ3) is 10.5. The Morgan fingerprint density at radius 3 is 2.32 bits per heavy atom. The van der Waals surface area contributed by atoms with Crippen molar-refractivity contribution in [2.75, 3.05) is 24.6 Å². The molecule has 0 aromatic heterocycles. The molecule has 1 atom stereocenters. The molecule has 0 heterocycles. The van der Waals surface area contributed by atoms with Crippen molar-refractivity contribution in [3.05, 3.63) is 70.8 Å². The summed E-state index contributed by atoms with van der Waals surface area (Å²) in [5, 5.41) is 8.36. The molecule has 0 spiro atoms. The normalized spacial score (nSPS) is 12.6. The van der Waals surface area contributed by atoms with Gasteiger partial charge in [0, 0.05) is 31.0 Å². The second-order valence-electron chi connectivity index (χ2n) is 7.67. The van der Waals surface area contributed by atoms with Gasteiger partial charge in [0.2, 0.25) is 5.91 Å². The maximum Gasteiger partial charge on any atom is 0.357 e. The minimum atomic E-state index is -4.32. The van der Waals surface area contributed by atoms with E-state index in [0.717, 1.165) is 29.0 Å². The lowest BCUT2D eigenvalue weighted by molar-refractivity contribution is -0.121. The summed E-state index contributed by atoms with van der Waals surface area (Å²) in [6.45, 7) is 2.07. The van der Waals surface area contributed by atoms with Gasteiger partial charge in [-0.2, -0.15) is 8.42 Å². The van der Waals surface area contributed by atoms with Crippen molar-refractivity contribution >= 4 is 33.7 Å². The number of anilines is 1. The molecule has 0 aliphatic carbocycles. The zero-order valence-electron chi connectivity index (χ0n) is 19.7. The fraction of sp³-hybridized carbons (Fsp3) is 0.375. The maximum atomic E-state index is 12.7. The highest BCUT2D eigenvalue weighted by molar-refractivity contribution is 8.02. The van der Waals surface area contributed by atoms with Crippen molar-refractivity contribution in [3.8, 4) is 5.75 Å². The van der Waals surface area contributed by atoms with Gasteiger partial charge in [-0.3, -0.25) is 14.1 Å². The van der Waals surface area contributed by atoms with E-state index in [4.69, 9.17) is 9.29 Å². The van der Waals surface area contributed by atoms with Crippen LogP contribution >= 0.6 is 11.8 Å². The van der Waals surface area contributed by atoms with Gasteiger partial charge in [-0.1, -0.05) is 31.2 Å². The number of ether oxygens (including phenoxy) is 1. The van der Waals surface area contributed by atoms with E-state index in [-0.39, 0.29) is 17.6 Å². The van der Waals surface area contributed by atoms with Gasteiger partial charge in [0.25, 0.3) is 0 Å². The number of hydrogen-bond acceptors (Lipinski definition) is 6. The lowest BCUT2D eigenvalue weighted by Gasteiger charge is -2.19. The number of carbonyl (C=O) groups excluding carboxylic acids is 1. The summed E-state index contributed by atoms with van der Waals surface area (Å²) < 4.78 is 38.1. The number of rotatable bonds is 14. The van der Waals surface area contributed by atoms with Gasteiger partial charge in [0.15, 0.2) is 0 Å². The average molecular weight is 508 g/mol. The van der Waals surface area contributed by atoms with E-state index in [2.05, 4.69) is 23.0 Å². The van der Waals surface area contributed by atoms with Crippen molar-refractivity contribution in [3.63, 3.8) is 0 Å².